The lowest BCUT2D eigenvalue weighted by Crippen LogP contribution is -2.47. The van der Waals surface area contributed by atoms with Gasteiger partial charge in [-0.05, 0) is 46.2 Å². The van der Waals surface area contributed by atoms with Crippen LogP contribution in [0.3, 0.4) is 0 Å². The van der Waals surface area contributed by atoms with E-state index in [4.69, 9.17) is 4.74 Å². The van der Waals surface area contributed by atoms with Gasteiger partial charge < -0.3 is 10.1 Å². The number of rotatable bonds is 4. The van der Waals surface area contributed by atoms with Gasteiger partial charge in [-0.15, -0.1) is 0 Å². The second-order valence-electron chi connectivity index (χ2n) is 7.58. The number of hydrogen-bond donors (Lipinski definition) is 1. The summed E-state index contributed by atoms with van der Waals surface area (Å²) in [5.74, 6) is 0. The van der Waals surface area contributed by atoms with Crippen LogP contribution in [-0.2, 0) is 17.8 Å². The van der Waals surface area contributed by atoms with E-state index in [0.29, 0.717) is 0 Å². The number of hydrogen-bond acceptors (Lipinski definition) is 4. The first kappa shape index (κ1) is 16.4. The number of aromatic nitrogens is 1. The molecule has 4 heteroatoms. The normalized spacial score (nSPS) is 19.7. The van der Waals surface area contributed by atoms with Gasteiger partial charge >= 0.3 is 0 Å². The summed E-state index contributed by atoms with van der Waals surface area (Å²) in [4.78, 5) is 7.01. The minimum atomic E-state index is -0.0468. The van der Waals surface area contributed by atoms with E-state index in [1.54, 1.807) is 0 Å². The van der Waals surface area contributed by atoms with Crippen LogP contribution in [-0.4, -0.2) is 40.7 Å². The maximum atomic E-state index is 5.75. The number of ether oxygens (including phenoxy) is 1. The second-order valence-corrected chi connectivity index (χ2v) is 7.58. The standard InChI is InChI=1S/C17H29N3O/c1-16(2,3)19-11-14-6-7-15(18-10-14)12-20-8-9-21-17(4,5)13-20/h6-7,10,19H,8-9,11-13H2,1-5H3. The molecule has 1 aromatic rings. The number of nitrogens with one attached hydrogen (secondary N) is 1. The summed E-state index contributed by atoms with van der Waals surface area (Å²) in [6.07, 6.45) is 1.99. The molecule has 0 atom stereocenters. The summed E-state index contributed by atoms with van der Waals surface area (Å²) in [5, 5.41) is 3.48. The Kier molecular flexibility index (Phi) is 5.02. The smallest absolute Gasteiger partial charge is 0.0753 e. The highest BCUT2D eigenvalue weighted by atomic mass is 16.5. The Bertz CT molecular complexity index is 448. The van der Waals surface area contributed by atoms with Crippen molar-refractivity contribution in [3.63, 3.8) is 0 Å². The van der Waals surface area contributed by atoms with Gasteiger partial charge in [0.2, 0.25) is 0 Å². The first-order chi connectivity index (χ1) is 9.73. The van der Waals surface area contributed by atoms with Crippen LogP contribution in [0.4, 0.5) is 0 Å². The number of nitrogens with zero attached hydrogens (tertiary/aromatic N) is 2. The Balaban J connectivity index is 1.87. The Labute approximate surface area is 128 Å². The Hall–Kier alpha value is -0.970. The van der Waals surface area contributed by atoms with Crippen LogP contribution in [0.1, 0.15) is 45.9 Å². The molecule has 0 spiro atoms. The molecule has 0 unspecified atom stereocenters. The van der Waals surface area contributed by atoms with Crippen LogP contribution < -0.4 is 5.32 Å². The molecule has 0 bridgehead atoms. The fourth-order valence-corrected chi connectivity index (χ4v) is 2.50. The average molecular weight is 291 g/mol. The van der Waals surface area contributed by atoms with Gasteiger partial charge in [-0.25, -0.2) is 0 Å². The first-order valence-electron chi connectivity index (χ1n) is 7.79. The molecule has 4 nitrogen and oxygen atoms in total. The molecule has 1 fully saturated rings. The molecule has 0 aromatic carbocycles. The SMILES string of the molecule is CC(C)(C)NCc1ccc(CN2CCOC(C)(C)C2)nc1. The number of pyridine rings is 1. The Morgan fingerprint density at radius 1 is 1.33 bits per heavy atom. The lowest BCUT2D eigenvalue weighted by Gasteiger charge is -2.37. The van der Waals surface area contributed by atoms with Crippen molar-refractivity contribution in [1.82, 2.24) is 15.2 Å². The van der Waals surface area contributed by atoms with Gasteiger partial charge in [0.05, 0.1) is 17.9 Å². The zero-order valence-electron chi connectivity index (χ0n) is 14.1. The number of morpholine rings is 1. The Morgan fingerprint density at radius 3 is 2.67 bits per heavy atom. The molecule has 1 N–H and O–H groups in total. The minimum Gasteiger partial charge on any atom is -0.373 e. The van der Waals surface area contributed by atoms with Gasteiger partial charge in [0, 0.05) is 37.9 Å². The summed E-state index contributed by atoms with van der Waals surface area (Å²) < 4.78 is 5.75. The summed E-state index contributed by atoms with van der Waals surface area (Å²) in [7, 11) is 0. The first-order valence-corrected chi connectivity index (χ1v) is 7.79. The predicted octanol–water partition coefficient (Wildman–Crippen LogP) is 2.58. The molecule has 2 rings (SSSR count). The molecule has 0 amide bonds. The topological polar surface area (TPSA) is 37.4 Å². The van der Waals surface area contributed by atoms with Crippen molar-refractivity contribution in [2.24, 2.45) is 0 Å². The zero-order valence-corrected chi connectivity index (χ0v) is 14.1. The highest BCUT2D eigenvalue weighted by molar-refractivity contribution is 5.14. The van der Waals surface area contributed by atoms with Crippen LogP contribution in [0.25, 0.3) is 0 Å². The van der Waals surface area contributed by atoms with E-state index in [1.807, 2.05) is 6.20 Å². The van der Waals surface area contributed by atoms with Crippen molar-refractivity contribution in [3.05, 3.63) is 29.6 Å². The largest absolute Gasteiger partial charge is 0.373 e. The summed E-state index contributed by atoms with van der Waals surface area (Å²) in [6, 6.07) is 4.31. The summed E-state index contributed by atoms with van der Waals surface area (Å²) in [6.45, 7) is 15.3. The van der Waals surface area contributed by atoms with E-state index in [-0.39, 0.29) is 11.1 Å². The average Bonchev–Trinajstić information content (AvgIpc) is 2.36. The third-order valence-corrected chi connectivity index (χ3v) is 3.60. The van der Waals surface area contributed by atoms with Crippen molar-refractivity contribution in [1.29, 1.82) is 0 Å². The zero-order chi connectivity index (χ0) is 15.5. The maximum Gasteiger partial charge on any atom is 0.0753 e. The summed E-state index contributed by atoms with van der Waals surface area (Å²) in [5.41, 5.74) is 2.45. The lowest BCUT2D eigenvalue weighted by atomic mass is 10.1. The molecular weight excluding hydrogens is 262 g/mol. The second kappa shape index (κ2) is 6.42. The van der Waals surface area contributed by atoms with Crippen molar-refractivity contribution >= 4 is 0 Å². The fourth-order valence-electron chi connectivity index (χ4n) is 2.50. The van der Waals surface area contributed by atoms with E-state index in [2.05, 4.69) is 62.0 Å². The molecule has 0 radical (unpaired) electrons. The van der Waals surface area contributed by atoms with E-state index in [1.165, 1.54) is 5.56 Å². The van der Waals surface area contributed by atoms with Crippen molar-refractivity contribution in [3.8, 4) is 0 Å². The maximum absolute atomic E-state index is 5.75. The van der Waals surface area contributed by atoms with Gasteiger partial charge in [-0.3, -0.25) is 9.88 Å². The van der Waals surface area contributed by atoms with Crippen LogP contribution in [0.15, 0.2) is 18.3 Å². The van der Waals surface area contributed by atoms with Gasteiger partial charge in [-0.2, -0.15) is 0 Å². The molecule has 21 heavy (non-hydrogen) atoms. The molecule has 1 aliphatic rings. The van der Waals surface area contributed by atoms with Gasteiger partial charge in [0.25, 0.3) is 0 Å². The Morgan fingerprint density at radius 2 is 2.10 bits per heavy atom. The molecule has 118 valence electrons. The van der Waals surface area contributed by atoms with Gasteiger partial charge in [0.15, 0.2) is 0 Å². The third kappa shape index (κ3) is 5.73. The third-order valence-electron chi connectivity index (χ3n) is 3.60. The van der Waals surface area contributed by atoms with Gasteiger partial charge in [0.1, 0.15) is 0 Å². The van der Waals surface area contributed by atoms with Crippen LogP contribution >= 0.6 is 0 Å². The van der Waals surface area contributed by atoms with E-state index >= 15 is 0 Å². The molecule has 2 heterocycles. The van der Waals surface area contributed by atoms with Crippen molar-refractivity contribution in [2.45, 2.75) is 58.8 Å². The lowest BCUT2D eigenvalue weighted by molar-refractivity contribution is -0.0885. The predicted molar refractivity (Wildman–Crippen MR) is 86.1 cm³/mol. The molecule has 0 aliphatic carbocycles. The highest BCUT2D eigenvalue weighted by Crippen LogP contribution is 2.18. The van der Waals surface area contributed by atoms with Crippen LogP contribution in [0, 0.1) is 0 Å². The van der Waals surface area contributed by atoms with E-state index in [9.17, 15) is 0 Å². The minimum absolute atomic E-state index is 0.0468. The quantitative estimate of drug-likeness (QED) is 0.925. The van der Waals surface area contributed by atoms with E-state index in [0.717, 1.165) is 38.5 Å². The molecule has 1 saturated heterocycles. The summed E-state index contributed by atoms with van der Waals surface area (Å²) >= 11 is 0. The van der Waals surface area contributed by atoms with Crippen molar-refractivity contribution < 1.29 is 4.74 Å². The monoisotopic (exact) mass is 291 g/mol. The molecular formula is C17H29N3O. The highest BCUT2D eigenvalue weighted by Gasteiger charge is 2.27. The van der Waals surface area contributed by atoms with Crippen LogP contribution in [0.5, 0.6) is 0 Å². The molecule has 1 aromatic heterocycles. The van der Waals surface area contributed by atoms with Gasteiger partial charge in [-0.1, -0.05) is 6.07 Å². The van der Waals surface area contributed by atoms with E-state index < -0.39 is 0 Å². The fraction of sp³-hybridized carbons (Fsp3) is 0.706. The molecule has 1 aliphatic heterocycles. The molecule has 0 saturated carbocycles. The van der Waals surface area contributed by atoms with Crippen LogP contribution in [0.2, 0.25) is 0 Å². The van der Waals surface area contributed by atoms with Crippen molar-refractivity contribution in [2.75, 3.05) is 19.7 Å².